The number of halogens is 2. The van der Waals surface area contributed by atoms with E-state index in [0.717, 1.165) is 0 Å². The molecule has 0 aromatic heterocycles. The highest BCUT2D eigenvalue weighted by Crippen LogP contribution is 2.17. The van der Waals surface area contributed by atoms with Gasteiger partial charge in [-0.15, -0.1) is 11.6 Å². The van der Waals surface area contributed by atoms with Crippen molar-refractivity contribution in [3.63, 3.8) is 0 Å². The Morgan fingerprint density at radius 3 is 2.75 bits per heavy atom. The summed E-state index contributed by atoms with van der Waals surface area (Å²) in [5, 5.41) is 0. The molecule has 1 aromatic rings. The number of rotatable bonds is 5. The molecule has 16 heavy (non-hydrogen) atoms. The molecule has 0 bridgehead atoms. The summed E-state index contributed by atoms with van der Waals surface area (Å²) in [6.45, 7) is 3.70. The minimum atomic E-state index is -0.552. The molecule has 0 heterocycles. The largest absolute Gasteiger partial charge is 0.493 e. The third-order valence-electron chi connectivity index (χ3n) is 2.12. The van der Waals surface area contributed by atoms with E-state index in [1.807, 2.05) is 6.92 Å². The van der Waals surface area contributed by atoms with E-state index in [2.05, 4.69) is 0 Å². The van der Waals surface area contributed by atoms with Crippen LogP contribution in [-0.4, -0.2) is 18.3 Å². The second-order valence-corrected chi connectivity index (χ2v) is 4.08. The minimum Gasteiger partial charge on any atom is -0.493 e. The van der Waals surface area contributed by atoms with Gasteiger partial charge in [0.05, 0.1) is 12.2 Å². The standard InChI is InChI=1S/C12H14ClFO2/c1-8(6-13)7-16-10-3-4-11(9(2)15)12(14)5-10/h3-5,8H,6-7H2,1-2H3. The lowest BCUT2D eigenvalue weighted by Crippen LogP contribution is -2.10. The molecule has 0 fully saturated rings. The molecule has 0 radical (unpaired) electrons. The van der Waals surface area contributed by atoms with Crippen molar-refractivity contribution in [1.29, 1.82) is 0 Å². The number of carbonyl (C=O) groups is 1. The van der Waals surface area contributed by atoms with Gasteiger partial charge >= 0.3 is 0 Å². The van der Waals surface area contributed by atoms with Crippen molar-refractivity contribution in [2.45, 2.75) is 13.8 Å². The van der Waals surface area contributed by atoms with Gasteiger partial charge in [0.2, 0.25) is 0 Å². The molecule has 1 rings (SSSR count). The molecular formula is C12H14ClFO2. The van der Waals surface area contributed by atoms with Gasteiger partial charge in [0, 0.05) is 17.9 Å². The predicted molar refractivity (Wildman–Crippen MR) is 61.8 cm³/mol. The Hall–Kier alpha value is -1.09. The Balaban J connectivity index is 2.70. The number of hydrogen-bond acceptors (Lipinski definition) is 2. The molecule has 0 spiro atoms. The van der Waals surface area contributed by atoms with Crippen LogP contribution in [0.5, 0.6) is 5.75 Å². The van der Waals surface area contributed by atoms with Crippen LogP contribution in [0.25, 0.3) is 0 Å². The fourth-order valence-corrected chi connectivity index (χ4v) is 1.24. The molecule has 0 amide bonds. The smallest absolute Gasteiger partial charge is 0.162 e. The van der Waals surface area contributed by atoms with Crippen LogP contribution < -0.4 is 4.74 Å². The first-order valence-electron chi connectivity index (χ1n) is 5.04. The maximum absolute atomic E-state index is 13.4. The number of carbonyl (C=O) groups excluding carboxylic acids is 1. The molecule has 1 aromatic carbocycles. The first-order chi connectivity index (χ1) is 7.54. The fourth-order valence-electron chi connectivity index (χ4n) is 1.15. The van der Waals surface area contributed by atoms with Gasteiger partial charge in [0.1, 0.15) is 11.6 Å². The third kappa shape index (κ3) is 3.49. The molecule has 1 unspecified atom stereocenters. The molecule has 0 aliphatic heterocycles. The summed E-state index contributed by atoms with van der Waals surface area (Å²) in [7, 11) is 0. The summed E-state index contributed by atoms with van der Waals surface area (Å²) >= 11 is 5.62. The Bertz CT molecular complexity index is 379. The van der Waals surface area contributed by atoms with Crippen molar-refractivity contribution in [2.75, 3.05) is 12.5 Å². The average molecular weight is 245 g/mol. The number of hydrogen-bond donors (Lipinski definition) is 0. The SMILES string of the molecule is CC(=O)c1ccc(OCC(C)CCl)cc1F. The lowest BCUT2D eigenvalue weighted by Gasteiger charge is -2.10. The van der Waals surface area contributed by atoms with Gasteiger partial charge < -0.3 is 4.74 Å². The summed E-state index contributed by atoms with van der Waals surface area (Å²) in [5.74, 6) is 0.270. The Morgan fingerprint density at radius 2 is 2.25 bits per heavy atom. The molecule has 0 saturated carbocycles. The van der Waals surface area contributed by atoms with Crippen LogP contribution in [0.2, 0.25) is 0 Å². The molecule has 0 saturated heterocycles. The number of ketones is 1. The predicted octanol–water partition coefficient (Wildman–Crippen LogP) is 3.28. The summed E-state index contributed by atoms with van der Waals surface area (Å²) in [6, 6.07) is 4.23. The first kappa shape index (κ1) is 13.0. The quantitative estimate of drug-likeness (QED) is 0.587. The van der Waals surface area contributed by atoms with Gasteiger partial charge in [-0.05, 0) is 19.1 Å². The number of Topliss-reactive ketones (excluding diaryl/α,β-unsaturated/α-hetero) is 1. The normalized spacial score (nSPS) is 12.2. The zero-order chi connectivity index (χ0) is 12.1. The third-order valence-corrected chi connectivity index (χ3v) is 2.64. The highest BCUT2D eigenvalue weighted by Gasteiger charge is 2.09. The van der Waals surface area contributed by atoms with E-state index in [9.17, 15) is 9.18 Å². The van der Waals surface area contributed by atoms with Gasteiger partial charge in [-0.3, -0.25) is 4.79 Å². The highest BCUT2D eigenvalue weighted by molar-refractivity contribution is 6.18. The van der Waals surface area contributed by atoms with Gasteiger partial charge in [-0.25, -0.2) is 4.39 Å². The lowest BCUT2D eigenvalue weighted by atomic mass is 10.1. The van der Waals surface area contributed by atoms with E-state index in [0.29, 0.717) is 18.2 Å². The minimum absolute atomic E-state index is 0.0812. The van der Waals surface area contributed by atoms with Crippen LogP contribution >= 0.6 is 11.6 Å². The van der Waals surface area contributed by atoms with Crippen molar-refractivity contribution in [2.24, 2.45) is 5.92 Å². The summed E-state index contributed by atoms with van der Waals surface area (Å²) in [4.78, 5) is 11.0. The number of benzene rings is 1. The zero-order valence-electron chi connectivity index (χ0n) is 9.30. The molecule has 4 heteroatoms. The second-order valence-electron chi connectivity index (χ2n) is 3.77. The van der Waals surface area contributed by atoms with Gasteiger partial charge in [0.15, 0.2) is 5.78 Å². The second kappa shape index (κ2) is 5.85. The molecule has 2 nitrogen and oxygen atoms in total. The van der Waals surface area contributed by atoms with Crippen LogP contribution in [-0.2, 0) is 0 Å². The van der Waals surface area contributed by atoms with Gasteiger partial charge in [-0.1, -0.05) is 6.92 Å². The monoisotopic (exact) mass is 244 g/mol. The van der Waals surface area contributed by atoms with E-state index < -0.39 is 5.82 Å². The molecule has 1 atom stereocenters. The number of ether oxygens (including phenoxy) is 1. The topological polar surface area (TPSA) is 26.3 Å². The molecule has 0 aliphatic rings. The lowest BCUT2D eigenvalue weighted by molar-refractivity contribution is 0.101. The zero-order valence-corrected chi connectivity index (χ0v) is 10.1. The van der Waals surface area contributed by atoms with Crippen LogP contribution in [0.4, 0.5) is 4.39 Å². The highest BCUT2D eigenvalue weighted by atomic mass is 35.5. The van der Waals surface area contributed by atoms with Gasteiger partial charge in [0.25, 0.3) is 0 Å². The van der Waals surface area contributed by atoms with E-state index in [1.165, 1.54) is 19.1 Å². The van der Waals surface area contributed by atoms with Crippen LogP contribution in [0.1, 0.15) is 24.2 Å². The molecular weight excluding hydrogens is 231 g/mol. The Labute approximate surface area is 99.4 Å². The summed E-state index contributed by atoms with van der Waals surface area (Å²) in [6.07, 6.45) is 0. The first-order valence-corrected chi connectivity index (χ1v) is 5.57. The van der Waals surface area contributed by atoms with E-state index >= 15 is 0 Å². The van der Waals surface area contributed by atoms with Crippen molar-refractivity contribution in [1.82, 2.24) is 0 Å². The Kier molecular flexibility index (Phi) is 4.74. The van der Waals surface area contributed by atoms with Gasteiger partial charge in [-0.2, -0.15) is 0 Å². The molecule has 88 valence electrons. The van der Waals surface area contributed by atoms with Crippen LogP contribution in [0.15, 0.2) is 18.2 Å². The summed E-state index contributed by atoms with van der Waals surface area (Å²) in [5.41, 5.74) is 0.0812. The molecule has 0 N–H and O–H groups in total. The van der Waals surface area contributed by atoms with Crippen LogP contribution in [0, 0.1) is 11.7 Å². The average Bonchev–Trinajstić information content (AvgIpc) is 2.25. The van der Waals surface area contributed by atoms with Crippen molar-refractivity contribution in [3.8, 4) is 5.75 Å². The maximum atomic E-state index is 13.4. The van der Waals surface area contributed by atoms with E-state index in [1.54, 1.807) is 6.07 Å². The fraction of sp³-hybridized carbons (Fsp3) is 0.417. The van der Waals surface area contributed by atoms with Crippen LogP contribution in [0.3, 0.4) is 0 Å². The van der Waals surface area contributed by atoms with Crippen molar-refractivity contribution < 1.29 is 13.9 Å². The molecule has 0 aliphatic carbocycles. The van der Waals surface area contributed by atoms with Crippen molar-refractivity contribution in [3.05, 3.63) is 29.6 Å². The van der Waals surface area contributed by atoms with E-state index in [-0.39, 0.29) is 17.3 Å². The maximum Gasteiger partial charge on any atom is 0.162 e. The number of alkyl halides is 1. The summed E-state index contributed by atoms with van der Waals surface area (Å²) < 4.78 is 18.7. The van der Waals surface area contributed by atoms with E-state index in [4.69, 9.17) is 16.3 Å². The van der Waals surface area contributed by atoms with Crippen molar-refractivity contribution >= 4 is 17.4 Å². The Morgan fingerprint density at radius 1 is 1.56 bits per heavy atom.